The summed E-state index contributed by atoms with van der Waals surface area (Å²) >= 11 is 0. The fraction of sp³-hybridized carbons (Fsp3) is 0.486. The molecule has 4 N–H and O–H groups in total. The van der Waals surface area contributed by atoms with Crippen molar-refractivity contribution in [2.45, 2.75) is 103 Å². The smallest absolute Gasteiger partial charge is 0.339 e. The molecule has 45 heavy (non-hydrogen) atoms. The molecular weight excluding hydrogens is 568 g/mol. The number of aromatic hydroxyl groups is 1. The number of hydrogen-bond donors (Lipinski definition) is 4. The summed E-state index contributed by atoms with van der Waals surface area (Å²) in [5, 5.41) is 23.9. The Morgan fingerprint density at radius 3 is 1.93 bits per heavy atom. The highest BCUT2D eigenvalue weighted by atomic mass is 16.5. The van der Waals surface area contributed by atoms with Crippen LogP contribution in [0.15, 0.2) is 79.0 Å². The van der Waals surface area contributed by atoms with Gasteiger partial charge in [-0.2, -0.15) is 0 Å². The second-order valence-corrected chi connectivity index (χ2v) is 10.7. The number of anilines is 1. The zero-order valence-electron chi connectivity index (χ0n) is 27.4. The number of Topliss-reactive ketones (excluding diaryl/α,β-unsaturated/α-hetero) is 1. The summed E-state index contributed by atoms with van der Waals surface area (Å²) in [7, 11) is 0. The van der Waals surface area contributed by atoms with Crippen molar-refractivity contribution in [3.63, 3.8) is 0 Å². The molecule has 0 aromatic heterocycles. The van der Waals surface area contributed by atoms with Gasteiger partial charge in [-0.3, -0.25) is 4.79 Å². The Labute approximate surface area is 270 Å². The summed E-state index contributed by atoms with van der Waals surface area (Å²) in [6.45, 7) is 6.88. The second kappa shape index (κ2) is 24.4. The van der Waals surface area contributed by atoms with Gasteiger partial charge in [0.2, 0.25) is 0 Å². The van der Waals surface area contributed by atoms with Crippen LogP contribution in [0.1, 0.15) is 108 Å². The zero-order valence-corrected chi connectivity index (χ0v) is 27.4. The Bertz CT molecular complexity index is 1160. The van der Waals surface area contributed by atoms with Gasteiger partial charge in [0.1, 0.15) is 16.9 Å². The first-order chi connectivity index (χ1) is 21.8. The molecule has 0 unspecified atom stereocenters. The lowest BCUT2D eigenvalue weighted by Crippen LogP contribution is -2.41. The van der Waals surface area contributed by atoms with Gasteiger partial charge < -0.3 is 25.6 Å². The van der Waals surface area contributed by atoms with Gasteiger partial charge in [-0.05, 0) is 88.8 Å². The van der Waals surface area contributed by atoms with Gasteiger partial charge >= 0.3 is 12.0 Å². The van der Waals surface area contributed by atoms with Crippen molar-refractivity contribution in [1.29, 1.82) is 0 Å². The number of unbranched alkanes of at least 4 members (excludes halogenated alkanes) is 2. The number of ketones is 1. The van der Waals surface area contributed by atoms with Crippen LogP contribution in [0.4, 0.5) is 10.5 Å². The van der Waals surface area contributed by atoms with Crippen LogP contribution in [0.5, 0.6) is 5.75 Å². The Hall–Kier alpha value is -3.91. The Balaban J connectivity index is 2.24. The van der Waals surface area contributed by atoms with E-state index in [0.29, 0.717) is 25.9 Å². The van der Waals surface area contributed by atoms with Crippen LogP contribution in [-0.2, 0) is 9.53 Å². The van der Waals surface area contributed by atoms with Crippen molar-refractivity contribution in [2.24, 2.45) is 0 Å². The van der Waals surface area contributed by atoms with Gasteiger partial charge in [0.05, 0.1) is 0 Å². The van der Waals surface area contributed by atoms with Crippen molar-refractivity contribution in [1.82, 2.24) is 5.32 Å². The van der Waals surface area contributed by atoms with E-state index in [1.165, 1.54) is 18.2 Å². The van der Waals surface area contributed by atoms with Crippen LogP contribution in [0.2, 0.25) is 0 Å². The average molecular weight is 623 g/mol. The van der Waals surface area contributed by atoms with Crippen LogP contribution in [0, 0.1) is 0 Å². The summed E-state index contributed by atoms with van der Waals surface area (Å²) in [6, 6.07) is 3.27. The normalized spacial score (nSPS) is 12.3. The van der Waals surface area contributed by atoms with E-state index in [9.17, 15) is 19.5 Å². The Morgan fingerprint density at radius 2 is 1.38 bits per heavy atom. The number of nitrogens with one attached hydrogen (secondary N) is 2. The molecule has 1 aromatic carbocycles. The highest BCUT2D eigenvalue weighted by Gasteiger charge is 2.34. The largest absolute Gasteiger partial charge is 0.507 e. The lowest BCUT2D eigenvalue weighted by atomic mass is 9.89. The lowest BCUT2D eigenvalue weighted by molar-refractivity contribution is -0.146. The molecule has 0 heterocycles. The summed E-state index contributed by atoms with van der Waals surface area (Å²) in [5.41, 5.74) is -0.869. The lowest BCUT2D eigenvalue weighted by Gasteiger charge is -2.30. The molecule has 8 heteroatoms. The molecule has 0 saturated heterocycles. The van der Waals surface area contributed by atoms with Crippen molar-refractivity contribution >= 4 is 23.5 Å². The molecule has 248 valence electrons. The number of carbonyl (C=O) groups is 3. The third-order valence-electron chi connectivity index (χ3n) is 7.30. The first-order valence-corrected chi connectivity index (χ1v) is 16.3. The van der Waals surface area contributed by atoms with Crippen LogP contribution in [0.25, 0.3) is 0 Å². The highest BCUT2D eigenvalue weighted by Crippen LogP contribution is 2.25. The van der Waals surface area contributed by atoms with E-state index >= 15 is 0 Å². The topological polar surface area (TPSA) is 125 Å². The maximum atomic E-state index is 13.1. The number of carbonyl (C=O) groups excluding carboxylic acids is 2. The molecule has 0 aliphatic rings. The third kappa shape index (κ3) is 17.2. The monoisotopic (exact) mass is 622 g/mol. The molecule has 0 radical (unpaired) electrons. The fourth-order valence-corrected chi connectivity index (χ4v) is 4.57. The number of rotatable bonds is 24. The molecule has 8 nitrogen and oxygen atoms in total. The van der Waals surface area contributed by atoms with Crippen molar-refractivity contribution < 1.29 is 29.3 Å². The number of allylic oxidation sites excluding steroid dienone is 10. The molecule has 1 aromatic rings. The predicted octanol–water partition coefficient (Wildman–Crippen LogP) is 9.06. The Kier molecular flexibility index (Phi) is 21.2. The first-order valence-electron chi connectivity index (χ1n) is 16.3. The third-order valence-corrected chi connectivity index (χ3v) is 7.30. The maximum Gasteiger partial charge on any atom is 0.339 e. The number of aromatic carboxylic acids is 1. The SMILES string of the molecule is CC/C=C\C/C=C\C/C=C\C/C=C\C/C=C\CCCCOC(CC)(CC)C(=O)CCCNC(=O)Nc1ccc(O)c(C(=O)O)c1. The van der Waals surface area contributed by atoms with Crippen molar-refractivity contribution in [3.05, 3.63) is 84.5 Å². The minimum Gasteiger partial charge on any atom is -0.507 e. The number of amides is 2. The number of benzene rings is 1. The summed E-state index contributed by atoms with van der Waals surface area (Å²) in [4.78, 5) is 36.4. The van der Waals surface area contributed by atoms with Gasteiger partial charge in [-0.15, -0.1) is 0 Å². The van der Waals surface area contributed by atoms with Gasteiger partial charge in [0.15, 0.2) is 5.78 Å². The highest BCUT2D eigenvalue weighted by molar-refractivity contribution is 5.95. The molecule has 2 amide bonds. The summed E-state index contributed by atoms with van der Waals surface area (Å²) < 4.78 is 6.15. The van der Waals surface area contributed by atoms with E-state index in [4.69, 9.17) is 9.84 Å². The number of urea groups is 1. The predicted molar refractivity (Wildman–Crippen MR) is 184 cm³/mol. The van der Waals surface area contributed by atoms with Gasteiger partial charge in [-0.25, -0.2) is 9.59 Å². The standard InChI is InChI=1S/C37H54N2O6/c1-4-7-8-9-10-11-12-13-14-15-16-17-18-19-20-21-22-23-29-45-37(5-2,6-3)34(41)25-24-28-38-36(44)39-31-26-27-33(40)32(30-31)35(42)43/h7-8,10-11,13-14,16-17,19-20,26-27,30,40H,4-6,9,12,15,18,21-25,28-29H2,1-3H3,(H,42,43)(H2,38,39,44)/b8-7-,11-10-,14-13-,17-16-,20-19-. The number of ether oxygens (including phenoxy) is 1. The summed E-state index contributed by atoms with van der Waals surface area (Å²) in [5.74, 6) is -1.63. The molecule has 0 saturated carbocycles. The molecule has 1 rings (SSSR count). The van der Waals surface area contributed by atoms with E-state index in [1.807, 2.05) is 13.8 Å². The van der Waals surface area contributed by atoms with Crippen LogP contribution < -0.4 is 10.6 Å². The molecule has 0 spiro atoms. The first kappa shape index (κ1) is 39.1. The molecule has 0 atom stereocenters. The molecule has 0 aliphatic carbocycles. The van der Waals surface area contributed by atoms with E-state index in [0.717, 1.165) is 51.4 Å². The average Bonchev–Trinajstić information content (AvgIpc) is 3.03. The number of hydrogen-bond acceptors (Lipinski definition) is 5. The van der Waals surface area contributed by atoms with E-state index in [1.54, 1.807) is 0 Å². The van der Waals surface area contributed by atoms with E-state index < -0.39 is 17.6 Å². The minimum atomic E-state index is -1.29. The molecule has 0 bridgehead atoms. The molecule has 0 aliphatic heterocycles. The van der Waals surface area contributed by atoms with Crippen LogP contribution >= 0.6 is 0 Å². The van der Waals surface area contributed by atoms with Crippen molar-refractivity contribution in [3.8, 4) is 5.75 Å². The second-order valence-electron chi connectivity index (χ2n) is 10.7. The van der Waals surface area contributed by atoms with E-state index in [-0.39, 0.29) is 35.7 Å². The van der Waals surface area contributed by atoms with Crippen LogP contribution in [0.3, 0.4) is 0 Å². The van der Waals surface area contributed by atoms with Gasteiger partial charge in [0.25, 0.3) is 0 Å². The quantitative estimate of drug-likeness (QED) is 0.0518. The van der Waals surface area contributed by atoms with Gasteiger partial charge in [0, 0.05) is 25.3 Å². The van der Waals surface area contributed by atoms with Gasteiger partial charge in [-0.1, -0.05) is 81.5 Å². The molecule has 0 fully saturated rings. The fourth-order valence-electron chi connectivity index (χ4n) is 4.57. The Morgan fingerprint density at radius 1 is 0.800 bits per heavy atom. The summed E-state index contributed by atoms with van der Waals surface area (Å²) in [6.07, 6.45) is 31.7. The van der Waals surface area contributed by atoms with Crippen LogP contribution in [-0.4, -0.2) is 46.7 Å². The van der Waals surface area contributed by atoms with Crippen molar-refractivity contribution in [2.75, 3.05) is 18.5 Å². The minimum absolute atomic E-state index is 0.0390. The zero-order chi connectivity index (χ0) is 33.2. The number of phenols is 1. The molecular formula is C37H54N2O6. The number of carboxylic acids is 1. The maximum absolute atomic E-state index is 13.1. The number of carboxylic acid groups (broad SMARTS) is 1. The van der Waals surface area contributed by atoms with E-state index in [2.05, 4.69) is 78.3 Å².